The first-order chi connectivity index (χ1) is 18.9. The number of fused-ring (bicyclic) bond motifs is 1. The molecule has 3 fully saturated rings. The first-order valence-corrected chi connectivity index (χ1v) is 13.8. The molecule has 9 nitrogen and oxygen atoms in total. The molecule has 3 heterocycles. The normalized spacial score (nSPS) is 28.8. The molecule has 0 aromatic heterocycles. The minimum absolute atomic E-state index is 0.0752. The monoisotopic (exact) mass is 535 g/mol. The van der Waals surface area contributed by atoms with Crippen LogP contribution in [0.25, 0.3) is 0 Å². The van der Waals surface area contributed by atoms with Crippen molar-refractivity contribution in [3.05, 3.63) is 54.6 Å². The van der Waals surface area contributed by atoms with Crippen LogP contribution in [0.5, 0.6) is 5.75 Å². The molecule has 0 saturated carbocycles. The summed E-state index contributed by atoms with van der Waals surface area (Å²) in [6.07, 6.45) is 3.68. The summed E-state index contributed by atoms with van der Waals surface area (Å²) < 4.78 is 12.0. The number of para-hydroxylation sites is 1. The van der Waals surface area contributed by atoms with Gasteiger partial charge in [0.25, 0.3) is 0 Å². The highest BCUT2D eigenvalue weighted by Crippen LogP contribution is 2.64. The summed E-state index contributed by atoms with van der Waals surface area (Å²) in [6.45, 7) is 2.41. The van der Waals surface area contributed by atoms with Crippen molar-refractivity contribution in [2.45, 2.75) is 62.7 Å². The summed E-state index contributed by atoms with van der Waals surface area (Å²) in [5.41, 5.74) is -0.643. The van der Waals surface area contributed by atoms with Gasteiger partial charge in [-0.05, 0) is 74.9 Å². The molecule has 3 aliphatic heterocycles. The Bertz CT molecular complexity index is 1200. The summed E-state index contributed by atoms with van der Waals surface area (Å²) in [5, 5.41) is 15.2. The number of aliphatic hydroxyl groups excluding tert-OH is 1. The van der Waals surface area contributed by atoms with Crippen molar-refractivity contribution in [1.29, 1.82) is 0 Å². The molecule has 3 N–H and O–H groups in total. The summed E-state index contributed by atoms with van der Waals surface area (Å²) in [7, 11) is 1.58. The Morgan fingerprint density at radius 3 is 2.36 bits per heavy atom. The number of ether oxygens (including phenoxy) is 2. The molecule has 9 heteroatoms. The molecule has 3 amide bonds. The van der Waals surface area contributed by atoms with Gasteiger partial charge in [-0.15, -0.1) is 0 Å². The lowest BCUT2D eigenvalue weighted by atomic mass is 9.65. The van der Waals surface area contributed by atoms with Crippen molar-refractivity contribution in [1.82, 2.24) is 4.90 Å². The van der Waals surface area contributed by atoms with Crippen LogP contribution < -0.4 is 15.4 Å². The van der Waals surface area contributed by atoms with E-state index in [9.17, 15) is 19.5 Å². The summed E-state index contributed by atoms with van der Waals surface area (Å²) in [4.78, 5) is 43.5. The Hall–Kier alpha value is -3.43. The van der Waals surface area contributed by atoms with Gasteiger partial charge in [-0.1, -0.05) is 25.1 Å². The van der Waals surface area contributed by atoms with E-state index in [2.05, 4.69) is 10.6 Å². The number of hydrogen-bond acceptors (Lipinski definition) is 6. The Labute approximate surface area is 228 Å². The van der Waals surface area contributed by atoms with Crippen LogP contribution in [0.2, 0.25) is 0 Å². The highest BCUT2D eigenvalue weighted by atomic mass is 16.5. The first-order valence-electron chi connectivity index (χ1n) is 13.8. The third-order valence-corrected chi connectivity index (χ3v) is 8.67. The molecule has 2 aromatic rings. The number of nitrogens with zero attached hydrogens (tertiary/aromatic N) is 1. The zero-order valence-corrected chi connectivity index (χ0v) is 22.5. The molecule has 3 saturated heterocycles. The zero-order valence-electron chi connectivity index (χ0n) is 22.5. The summed E-state index contributed by atoms with van der Waals surface area (Å²) >= 11 is 0. The second-order valence-corrected chi connectivity index (χ2v) is 10.7. The van der Waals surface area contributed by atoms with E-state index in [1.54, 1.807) is 36.3 Å². The van der Waals surface area contributed by atoms with Gasteiger partial charge in [-0.3, -0.25) is 14.4 Å². The van der Waals surface area contributed by atoms with E-state index >= 15 is 0 Å². The predicted octanol–water partition coefficient (Wildman–Crippen LogP) is 3.59. The molecule has 0 radical (unpaired) electrons. The SMILES string of the molecule is CC[C@@]12CCC3(O1)C(C(=O)Nc1ccc(OC)cc1)N(CCCCCO)C(=O)[C@@H]3[C@@H]2C(=O)Nc1ccccc1. The van der Waals surface area contributed by atoms with E-state index in [0.29, 0.717) is 55.8 Å². The largest absolute Gasteiger partial charge is 0.497 e. The third-order valence-electron chi connectivity index (χ3n) is 8.67. The van der Waals surface area contributed by atoms with Crippen LogP contribution in [0.1, 0.15) is 45.4 Å². The van der Waals surface area contributed by atoms with Crippen LogP contribution in [0.3, 0.4) is 0 Å². The van der Waals surface area contributed by atoms with E-state index < -0.39 is 29.1 Å². The van der Waals surface area contributed by atoms with Crippen LogP contribution in [0, 0.1) is 11.8 Å². The van der Waals surface area contributed by atoms with Crippen molar-refractivity contribution in [2.75, 3.05) is 30.9 Å². The number of likely N-dealkylation sites (tertiary alicyclic amines) is 1. The number of hydrogen-bond donors (Lipinski definition) is 3. The maximum atomic E-state index is 14.1. The van der Waals surface area contributed by atoms with Gasteiger partial charge in [-0.25, -0.2) is 0 Å². The molecule has 5 atom stereocenters. The third kappa shape index (κ3) is 4.67. The number of carbonyl (C=O) groups is 3. The molecule has 1 spiro atoms. The Kier molecular flexibility index (Phi) is 7.64. The lowest BCUT2D eigenvalue weighted by Crippen LogP contribution is -2.53. The molecule has 2 unspecified atom stereocenters. The van der Waals surface area contributed by atoms with Gasteiger partial charge in [0.05, 0.1) is 24.5 Å². The highest BCUT2D eigenvalue weighted by Gasteiger charge is 2.78. The average Bonchev–Trinajstić information content (AvgIpc) is 3.55. The number of aliphatic hydroxyl groups is 1. The van der Waals surface area contributed by atoms with Crippen LogP contribution in [-0.4, -0.2) is 65.2 Å². The molecular formula is C30H37N3O6. The zero-order chi connectivity index (χ0) is 27.6. The van der Waals surface area contributed by atoms with Crippen molar-refractivity contribution in [2.24, 2.45) is 11.8 Å². The number of amides is 3. The van der Waals surface area contributed by atoms with Crippen molar-refractivity contribution in [3.63, 3.8) is 0 Å². The van der Waals surface area contributed by atoms with E-state index in [1.807, 2.05) is 37.3 Å². The summed E-state index contributed by atoms with van der Waals surface area (Å²) in [6, 6.07) is 15.4. The molecule has 5 rings (SSSR count). The standard InChI is InChI=1S/C30H37N3O6/c1-3-29-16-17-30(39-29)24(23(29)26(35)31-20-10-6-4-7-11-20)28(37)33(18-8-5-9-19-34)25(30)27(36)32-21-12-14-22(38-2)15-13-21/h4,6-7,10-15,23-25,34H,3,5,8-9,16-19H2,1-2H3,(H,31,35)(H,32,36)/t23-,24+,25?,29+,30?/m1/s1. The Morgan fingerprint density at radius 1 is 1.00 bits per heavy atom. The minimum atomic E-state index is -1.08. The molecule has 0 aliphatic carbocycles. The number of benzene rings is 2. The van der Waals surface area contributed by atoms with Crippen molar-refractivity contribution < 1.29 is 29.0 Å². The topological polar surface area (TPSA) is 117 Å². The first kappa shape index (κ1) is 27.1. The van der Waals surface area contributed by atoms with Gasteiger partial charge >= 0.3 is 0 Å². The fourth-order valence-electron chi connectivity index (χ4n) is 6.85. The molecule has 3 aliphatic rings. The number of rotatable bonds is 11. The number of methoxy groups -OCH3 is 1. The fourth-order valence-corrected chi connectivity index (χ4v) is 6.85. The van der Waals surface area contributed by atoms with Crippen molar-refractivity contribution >= 4 is 29.1 Å². The van der Waals surface area contributed by atoms with E-state index in [0.717, 1.165) is 6.42 Å². The van der Waals surface area contributed by atoms with Gasteiger partial charge in [0.2, 0.25) is 17.7 Å². The van der Waals surface area contributed by atoms with Crippen LogP contribution in [0.15, 0.2) is 54.6 Å². The van der Waals surface area contributed by atoms with Crippen LogP contribution in [-0.2, 0) is 19.1 Å². The molecule has 2 aromatic carbocycles. The predicted molar refractivity (Wildman–Crippen MR) is 146 cm³/mol. The molecule has 2 bridgehead atoms. The van der Waals surface area contributed by atoms with Crippen LogP contribution >= 0.6 is 0 Å². The Balaban J connectivity index is 1.48. The van der Waals surface area contributed by atoms with Crippen molar-refractivity contribution in [3.8, 4) is 5.75 Å². The Morgan fingerprint density at radius 2 is 1.69 bits per heavy atom. The van der Waals surface area contributed by atoms with Crippen LogP contribution in [0.4, 0.5) is 11.4 Å². The minimum Gasteiger partial charge on any atom is -0.497 e. The van der Waals surface area contributed by atoms with E-state index in [1.165, 1.54) is 0 Å². The lowest BCUT2D eigenvalue weighted by molar-refractivity contribution is -0.144. The summed E-state index contributed by atoms with van der Waals surface area (Å²) in [5.74, 6) is -1.57. The number of unbranched alkanes of at least 4 members (excludes halogenated alkanes) is 2. The average molecular weight is 536 g/mol. The van der Waals surface area contributed by atoms with Gasteiger partial charge in [0.1, 0.15) is 17.4 Å². The second-order valence-electron chi connectivity index (χ2n) is 10.7. The number of anilines is 2. The van der Waals surface area contributed by atoms with Gasteiger partial charge in [-0.2, -0.15) is 0 Å². The molecule has 208 valence electrons. The highest BCUT2D eigenvalue weighted by molar-refractivity contribution is 6.05. The van der Waals surface area contributed by atoms with E-state index in [-0.39, 0.29) is 24.3 Å². The molecular weight excluding hydrogens is 498 g/mol. The maximum Gasteiger partial charge on any atom is 0.250 e. The van der Waals surface area contributed by atoms with Gasteiger partial charge in [0.15, 0.2) is 0 Å². The lowest BCUT2D eigenvalue weighted by Gasteiger charge is -2.34. The second kappa shape index (κ2) is 11.0. The van der Waals surface area contributed by atoms with Gasteiger partial charge in [0, 0.05) is 24.5 Å². The quantitative estimate of drug-likeness (QED) is 0.379. The number of carbonyl (C=O) groups excluding carboxylic acids is 3. The maximum absolute atomic E-state index is 14.1. The van der Waals surface area contributed by atoms with Gasteiger partial charge < -0.3 is 30.1 Å². The fraction of sp³-hybridized carbons (Fsp3) is 0.500. The van der Waals surface area contributed by atoms with E-state index in [4.69, 9.17) is 9.47 Å². The number of nitrogens with one attached hydrogen (secondary N) is 2. The smallest absolute Gasteiger partial charge is 0.250 e. The molecule has 39 heavy (non-hydrogen) atoms.